The third kappa shape index (κ3) is 9.41. The van der Waals surface area contributed by atoms with Crippen LogP contribution in [-0.2, 0) is 20.8 Å². The zero-order chi connectivity index (χ0) is 39.9. The summed E-state index contributed by atoms with van der Waals surface area (Å²) in [6.45, 7) is 17.4. The molecule has 3 fully saturated rings. The van der Waals surface area contributed by atoms with Crippen molar-refractivity contribution in [3.8, 4) is 0 Å². The summed E-state index contributed by atoms with van der Waals surface area (Å²) >= 11 is 8.20. The number of piperidine rings is 2. The summed E-state index contributed by atoms with van der Waals surface area (Å²) in [4.78, 5) is 57.2. The lowest BCUT2D eigenvalue weighted by Gasteiger charge is -2.43. The fourth-order valence-corrected chi connectivity index (χ4v) is 8.56. The maximum absolute atomic E-state index is 13.2. The second-order valence-electron chi connectivity index (χ2n) is 16.7. The van der Waals surface area contributed by atoms with Crippen LogP contribution in [0.15, 0.2) is 28.4 Å². The molecule has 300 valence electrons. The van der Waals surface area contributed by atoms with E-state index in [-0.39, 0.29) is 47.9 Å². The molecule has 0 unspecified atom stereocenters. The summed E-state index contributed by atoms with van der Waals surface area (Å²) < 4.78 is 18.8. The van der Waals surface area contributed by atoms with E-state index in [2.05, 4.69) is 20.5 Å². The number of anilines is 1. The number of carbonyl (C=O) groups is 3. The van der Waals surface area contributed by atoms with Crippen molar-refractivity contribution in [2.45, 2.75) is 127 Å². The van der Waals surface area contributed by atoms with Gasteiger partial charge in [-0.05, 0) is 87.1 Å². The van der Waals surface area contributed by atoms with Crippen LogP contribution in [0, 0.1) is 12.3 Å². The van der Waals surface area contributed by atoms with Crippen LogP contribution in [-0.4, -0.2) is 110 Å². The smallest absolute Gasteiger partial charge is 0.410 e. The number of amides is 3. The van der Waals surface area contributed by atoms with E-state index in [1.165, 1.54) is 11.8 Å². The molecule has 2 atom stereocenters. The molecule has 3 aromatic heterocycles. The lowest BCUT2D eigenvalue weighted by atomic mass is 9.73. The minimum Gasteiger partial charge on any atom is -0.444 e. The number of aromatic nitrogens is 4. The molecule has 6 rings (SSSR count). The summed E-state index contributed by atoms with van der Waals surface area (Å²) in [5, 5.41) is 17.5. The first-order valence-electron chi connectivity index (χ1n) is 18.8. The third-order valence-electron chi connectivity index (χ3n) is 10.2. The first-order chi connectivity index (χ1) is 25.8. The van der Waals surface area contributed by atoms with Crippen LogP contribution in [0.3, 0.4) is 0 Å². The summed E-state index contributed by atoms with van der Waals surface area (Å²) in [6, 6.07) is 1.54. The highest BCUT2D eigenvalue weighted by Gasteiger charge is 2.51. The van der Waals surface area contributed by atoms with Gasteiger partial charge >= 0.3 is 12.2 Å². The number of nitrogens with zero attached hydrogens (tertiary/aromatic N) is 6. The van der Waals surface area contributed by atoms with Crippen LogP contribution < -0.4 is 15.5 Å². The largest absolute Gasteiger partial charge is 0.444 e. The molecule has 0 aromatic carbocycles. The molecule has 6 heterocycles. The number of aryl methyl sites for hydroxylation is 1. The second-order valence-corrected chi connectivity index (χ2v) is 18.1. The van der Waals surface area contributed by atoms with Crippen LogP contribution in [0.5, 0.6) is 0 Å². The van der Waals surface area contributed by atoms with Crippen molar-refractivity contribution in [1.29, 1.82) is 0 Å². The van der Waals surface area contributed by atoms with Crippen molar-refractivity contribution in [3.05, 3.63) is 40.6 Å². The van der Waals surface area contributed by atoms with Gasteiger partial charge in [0.1, 0.15) is 27.6 Å². The molecule has 3 amide bonds. The number of aliphatic hydroxyl groups excluding tert-OH is 1. The number of hydrogen-bond donors (Lipinski definition) is 3. The highest BCUT2D eigenvalue weighted by Crippen LogP contribution is 2.44. The average molecular weight is 801 g/mol. The Hall–Kier alpha value is -3.86. The predicted molar refractivity (Wildman–Crippen MR) is 208 cm³/mol. The molecule has 0 aliphatic carbocycles. The Bertz CT molecular complexity index is 1910. The molecular formula is C38H53ClN8O7S. The number of alkyl carbamates (subject to hydrolysis) is 1. The number of halogens is 1. The van der Waals surface area contributed by atoms with Gasteiger partial charge in [-0.25, -0.2) is 24.5 Å². The number of imidazole rings is 1. The van der Waals surface area contributed by atoms with Gasteiger partial charge < -0.3 is 44.2 Å². The van der Waals surface area contributed by atoms with Gasteiger partial charge in [0.15, 0.2) is 11.5 Å². The molecule has 3 aliphatic heterocycles. The van der Waals surface area contributed by atoms with Crippen molar-refractivity contribution in [3.63, 3.8) is 0 Å². The van der Waals surface area contributed by atoms with Gasteiger partial charge in [-0.2, -0.15) is 0 Å². The van der Waals surface area contributed by atoms with Gasteiger partial charge in [0.25, 0.3) is 5.91 Å². The van der Waals surface area contributed by atoms with Gasteiger partial charge in [0, 0.05) is 54.9 Å². The van der Waals surface area contributed by atoms with E-state index in [9.17, 15) is 19.5 Å². The summed E-state index contributed by atoms with van der Waals surface area (Å²) in [7, 11) is 0. The molecule has 3 saturated heterocycles. The molecule has 55 heavy (non-hydrogen) atoms. The fraction of sp³-hybridized carbons (Fsp3) is 0.632. The molecular weight excluding hydrogens is 748 g/mol. The monoisotopic (exact) mass is 800 g/mol. The van der Waals surface area contributed by atoms with Crippen molar-refractivity contribution in [2.75, 3.05) is 37.7 Å². The van der Waals surface area contributed by atoms with E-state index in [1.807, 2.05) is 61.5 Å². The quantitative estimate of drug-likeness (QED) is 0.264. The molecule has 3 N–H and O–H groups in total. The highest BCUT2D eigenvalue weighted by molar-refractivity contribution is 7.99. The maximum Gasteiger partial charge on any atom is 0.410 e. The Morgan fingerprint density at radius 2 is 1.69 bits per heavy atom. The number of rotatable bonds is 7. The van der Waals surface area contributed by atoms with E-state index in [4.69, 9.17) is 35.8 Å². The normalized spacial score (nSPS) is 20.5. The van der Waals surface area contributed by atoms with Crippen LogP contribution in [0.25, 0.3) is 5.65 Å². The standard InChI is InChI=1S/C38H53ClN8O7S/c1-22-33(43-26(20-48)30(40-22)45-17-12-38(13-18-45)21-52-23(2)29(38)44-34(50)53-36(3,4)5)55-27-11-16-47-19-25(42-31(47)28(27)39)32(49)41-24-9-14-46(15-10-24)35(51)54-37(6,7)8/h11,16,19,23-24,29,48H,9-10,12-15,17-18,20-21H2,1-8H3,(H,41,49)(H,44,50)/t23-,29+/m0/s1. The molecule has 0 saturated carbocycles. The van der Waals surface area contributed by atoms with E-state index in [1.54, 1.807) is 21.7 Å². The summed E-state index contributed by atoms with van der Waals surface area (Å²) in [5.41, 5.74) is 0.381. The Morgan fingerprint density at radius 1 is 1.02 bits per heavy atom. The molecule has 1 spiro atoms. The summed E-state index contributed by atoms with van der Waals surface area (Å²) in [6.07, 6.45) is 5.22. The Kier molecular flexibility index (Phi) is 11.8. The summed E-state index contributed by atoms with van der Waals surface area (Å²) in [5.74, 6) is 0.312. The number of hydrogen-bond acceptors (Lipinski definition) is 12. The Morgan fingerprint density at radius 3 is 2.33 bits per heavy atom. The first kappa shape index (κ1) is 40.8. The van der Waals surface area contributed by atoms with E-state index < -0.39 is 17.3 Å². The first-order valence-corrected chi connectivity index (χ1v) is 20.0. The van der Waals surface area contributed by atoms with Crippen molar-refractivity contribution in [1.82, 2.24) is 34.9 Å². The van der Waals surface area contributed by atoms with Crippen molar-refractivity contribution < 1.29 is 33.7 Å². The van der Waals surface area contributed by atoms with E-state index >= 15 is 0 Å². The molecule has 3 aliphatic rings. The van der Waals surface area contributed by atoms with Crippen molar-refractivity contribution >= 4 is 52.9 Å². The average Bonchev–Trinajstić information content (AvgIpc) is 3.68. The van der Waals surface area contributed by atoms with Crippen LogP contribution >= 0.6 is 23.4 Å². The predicted octanol–water partition coefficient (Wildman–Crippen LogP) is 5.76. The molecule has 15 nitrogen and oxygen atoms in total. The number of fused-ring (bicyclic) bond motifs is 1. The van der Waals surface area contributed by atoms with Gasteiger partial charge in [-0.15, -0.1) is 0 Å². The minimum absolute atomic E-state index is 0.104. The lowest BCUT2D eigenvalue weighted by molar-refractivity contribution is 0.0199. The Balaban J connectivity index is 1.10. The minimum atomic E-state index is -0.601. The van der Waals surface area contributed by atoms with Crippen LogP contribution in [0.4, 0.5) is 15.4 Å². The molecule has 0 bridgehead atoms. The zero-order valence-electron chi connectivity index (χ0n) is 32.9. The SMILES string of the molecule is Cc1nc(N2CCC3(CC2)CO[C@@H](C)[C@H]3NC(=O)OC(C)(C)C)c(CO)nc1Sc1ccn2cc(C(=O)NC3CCN(C(=O)OC(C)(C)C)CC3)nc2c1Cl. The van der Waals surface area contributed by atoms with Crippen LogP contribution in [0.2, 0.25) is 5.02 Å². The Labute approximate surface area is 331 Å². The highest BCUT2D eigenvalue weighted by atomic mass is 35.5. The molecule has 0 radical (unpaired) electrons. The van der Waals surface area contributed by atoms with Gasteiger partial charge in [-0.3, -0.25) is 4.79 Å². The second kappa shape index (κ2) is 15.9. The van der Waals surface area contributed by atoms with Crippen molar-refractivity contribution in [2.24, 2.45) is 5.41 Å². The van der Waals surface area contributed by atoms with E-state index in [0.717, 1.165) is 12.8 Å². The molecule has 3 aromatic rings. The number of likely N-dealkylation sites (tertiary alicyclic amines) is 1. The van der Waals surface area contributed by atoms with Crippen LogP contribution in [0.1, 0.15) is 96.0 Å². The fourth-order valence-electron chi connectivity index (χ4n) is 7.37. The maximum atomic E-state index is 13.2. The van der Waals surface area contributed by atoms with Gasteiger partial charge in [0.2, 0.25) is 0 Å². The molecule has 17 heteroatoms. The zero-order valence-corrected chi connectivity index (χ0v) is 34.5. The topological polar surface area (TPSA) is 173 Å². The van der Waals surface area contributed by atoms with E-state index in [0.29, 0.717) is 83.4 Å². The van der Waals surface area contributed by atoms with Gasteiger partial charge in [-0.1, -0.05) is 23.4 Å². The number of carbonyl (C=O) groups excluding carboxylic acids is 3. The van der Waals surface area contributed by atoms with Gasteiger partial charge in [0.05, 0.1) is 36.1 Å². The number of nitrogens with one attached hydrogen (secondary N) is 2. The number of ether oxygens (including phenoxy) is 3. The number of aliphatic hydroxyl groups is 1. The third-order valence-corrected chi connectivity index (χ3v) is 11.8. The number of pyridine rings is 1. The lowest BCUT2D eigenvalue weighted by Crippen LogP contribution is -2.55.